The van der Waals surface area contributed by atoms with Gasteiger partial charge in [-0.1, -0.05) is 251 Å². The molecule has 5 aromatic carbocycles. The minimum Gasteiger partial charge on any atom is -0.0683 e. The quantitative estimate of drug-likeness (QED) is 0.151. The zero-order valence-corrected chi connectivity index (χ0v) is 34.8. The Hall–Kier alpha value is -3.90. The topological polar surface area (TPSA) is 0 Å². The number of hydrogen-bond acceptors (Lipinski definition) is 0. The van der Waals surface area contributed by atoms with Crippen molar-refractivity contribution in [2.24, 2.45) is 0 Å². The predicted octanol–water partition coefficient (Wildman–Crippen LogP) is 16.8. The highest BCUT2D eigenvalue weighted by Gasteiger charge is 2.16. The molecule has 0 heterocycles. The average molecular weight is 665 g/mol. The predicted molar refractivity (Wildman–Crippen MR) is 231 cm³/mol. The Labute approximate surface area is 307 Å². The lowest BCUT2D eigenvalue weighted by atomic mass is 10.1. The molecule has 0 aromatic heterocycles. The van der Waals surface area contributed by atoms with E-state index in [0.29, 0.717) is 0 Å². The van der Waals surface area contributed by atoms with Crippen molar-refractivity contribution in [1.29, 1.82) is 0 Å². The molecule has 5 aromatic rings. The van der Waals surface area contributed by atoms with E-state index in [1.54, 1.807) is 0 Å². The molecule has 0 radical (unpaired) electrons. The van der Waals surface area contributed by atoms with Gasteiger partial charge in [0, 0.05) is 0 Å². The van der Waals surface area contributed by atoms with E-state index < -0.39 is 0 Å². The summed E-state index contributed by atoms with van der Waals surface area (Å²) in [6.45, 7) is 32.2. The van der Waals surface area contributed by atoms with E-state index in [-0.39, 0.29) is 0 Å². The second kappa shape index (κ2) is 40.3. The van der Waals surface area contributed by atoms with Gasteiger partial charge in [0.05, 0.1) is 0 Å². The van der Waals surface area contributed by atoms with Crippen molar-refractivity contribution < 1.29 is 0 Å². The van der Waals surface area contributed by atoms with Gasteiger partial charge in [0.15, 0.2) is 0 Å². The lowest BCUT2D eigenvalue weighted by molar-refractivity contribution is 1.09. The Morgan fingerprint density at radius 2 is 0.408 bits per heavy atom. The van der Waals surface area contributed by atoms with Crippen molar-refractivity contribution in [3.05, 3.63) is 156 Å². The normalized spacial score (nSPS) is 8.73. The van der Waals surface area contributed by atoms with Crippen LogP contribution in [0.4, 0.5) is 0 Å². The van der Waals surface area contributed by atoms with Crippen molar-refractivity contribution >= 4 is 0 Å². The van der Waals surface area contributed by atoms with E-state index in [0.717, 1.165) is 12.8 Å². The number of rotatable bonds is 0. The fraction of sp³-hybridized carbons (Fsp3) is 0.388. The zero-order valence-electron chi connectivity index (χ0n) is 34.8. The molecule has 2 aliphatic rings. The summed E-state index contributed by atoms with van der Waals surface area (Å²) < 4.78 is 0. The first kappa shape index (κ1) is 51.9. The highest BCUT2D eigenvalue weighted by Crippen LogP contribution is 2.36. The van der Waals surface area contributed by atoms with Gasteiger partial charge in [0.1, 0.15) is 0 Å². The third kappa shape index (κ3) is 20.3. The number of fused-ring (bicyclic) bond motifs is 6. The molecule has 272 valence electrons. The maximum Gasteiger partial charge on any atom is -0.00135 e. The highest BCUT2D eigenvalue weighted by atomic mass is 14.2. The largest absolute Gasteiger partial charge is 0.0683 e. The molecule has 0 spiro atoms. The Morgan fingerprint density at radius 3 is 0.571 bits per heavy atom. The highest BCUT2D eigenvalue weighted by molar-refractivity contribution is 5.77. The van der Waals surface area contributed by atoms with Crippen molar-refractivity contribution in [3.8, 4) is 22.3 Å². The Bertz CT molecular complexity index is 1130. The van der Waals surface area contributed by atoms with E-state index in [9.17, 15) is 0 Å². The summed E-state index contributed by atoms with van der Waals surface area (Å²) >= 11 is 0. The summed E-state index contributed by atoms with van der Waals surface area (Å²) in [6.07, 6.45) is 3.46. The molecule has 0 aliphatic heterocycles. The van der Waals surface area contributed by atoms with Crippen LogP contribution in [-0.4, -0.2) is 0 Å². The van der Waals surface area contributed by atoms with Crippen LogP contribution in [0.15, 0.2) is 133 Å². The fourth-order valence-electron chi connectivity index (χ4n) is 4.54. The standard InChI is InChI=1S/2C13H10.C6H6.C3H8.7C2H6/c2*1-3-7-12-10(5-1)9-11-6-2-4-8-13(11)12;1-2-4-6-5-3-1;1-3-2;7*1-2/h2*1-8H,9H2;1-6H;3H2,1-2H3;7*1-2H3. The summed E-state index contributed by atoms with van der Waals surface area (Å²) in [5.74, 6) is 0. The van der Waals surface area contributed by atoms with Gasteiger partial charge in [0.2, 0.25) is 0 Å². The first-order chi connectivity index (χ1) is 24.3. The Kier molecular flexibility index (Phi) is 42.7. The van der Waals surface area contributed by atoms with Crippen LogP contribution in [-0.2, 0) is 12.8 Å². The van der Waals surface area contributed by atoms with E-state index in [2.05, 4.69) is 111 Å². The third-order valence-electron chi connectivity index (χ3n) is 6.08. The molecule has 0 fully saturated rings. The van der Waals surface area contributed by atoms with Gasteiger partial charge in [-0.15, -0.1) is 0 Å². The van der Waals surface area contributed by atoms with Crippen LogP contribution in [0.1, 0.15) is 139 Å². The second-order valence-electron chi connectivity index (χ2n) is 8.84. The molecule has 49 heavy (non-hydrogen) atoms. The zero-order chi connectivity index (χ0) is 38.3. The van der Waals surface area contributed by atoms with Crippen LogP contribution in [0.5, 0.6) is 0 Å². The van der Waals surface area contributed by atoms with E-state index in [4.69, 9.17) is 0 Å². The van der Waals surface area contributed by atoms with Crippen molar-refractivity contribution in [2.45, 2.75) is 130 Å². The van der Waals surface area contributed by atoms with Crippen LogP contribution in [0.25, 0.3) is 22.3 Å². The van der Waals surface area contributed by atoms with Crippen molar-refractivity contribution in [1.82, 2.24) is 0 Å². The molecule has 7 rings (SSSR count). The fourth-order valence-corrected chi connectivity index (χ4v) is 4.54. The van der Waals surface area contributed by atoms with Crippen LogP contribution in [0.3, 0.4) is 0 Å². The molecular formula is C49H76. The van der Waals surface area contributed by atoms with Crippen molar-refractivity contribution in [2.75, 3.05) is 0 Å². The summed E-state index contributed by atoms with van der Waals surface area (Å²) in [5, 5.41) is 0. The summed E-state index contributed by atoms with van der Waals surface area (Å²) in [5.41, 5.74) is 11.5. The summed E-state index contributed by atoms with van der Waals surface area (Å²) in [4.78, 5) is 0. The van der Waals surface area contributed by atoms with E-state index in [1.807, 2.05) is 133 Å². The molecule has 2 aliphatic carbocycles. The van der Waals surface area contributed by atoms with Crippen LogP contribution in [0.2, 0.25) is 0 Å². The average Bonchev–Trinajstić information content (AvgIpc) is 3.80. The Morgan fingerprint density at radius 1 is 0.265 bits per heavy atom. The van der Waals surface area contributed by atoms with Gasteiger partial charge >= 0.3 is 0 Å². The van der Waals surface area contributed by atoms with Crippen molar-refractivity contribution in [3.63, 3.8) is 0 Å². The van der Waals surface area contributed by atoms with Gasteiger partial charge in [0.25, 0.3) is 0 Å². The van der Waals surface area contributed by atoms with Crippen LogP contribution in [0, 0.1) is 0 Å². The minimum absolute atomic E-state index is 1.10. The Balaban J connectivity index is -0.000000262. The molecular weight excluding hydrogens is 589 g/mol. The molecule has 0 bridgehead atoms. The first-order valence-electron chi connectivity index (χ1n) is 19.6. The van der Waals surface area contributed by atoms with E-state index >= 15 is 0 Å². The van der Waals surface area contributed by atoms with Crippen LogP contribution >= 0.6 is 0 Å². The lowest BCUT2D eigenvalue weighted by Gasteiger charge is -1.98. The molecule has 0 saturated heterocycles. The first-order valence-corrected chi connectivity index (χ1v) is 19.6. The number of hydrogen-bond donors (Lipinski definition) is 0. The third-order valence-corrected chi connectivity index (χ3v) is 6.08. The summed E-state index contributed by atoms with van der Waals surface area (Å²) in [7, 11) is 0. The molecule has 0 heteroatoms. The smallest absolute Gasteiger partial charge is 0.00135 e. The van der Waals surface area contributed by atoms with Crippen LogP contribution < -0.4 is 0 Å². The molecule has 0 nitrogen and oxygen atoms in total. The number of benzene rings is 5. The van der Waals surface area contributed by atoms with E-state index in [1.165, 1.54) is 50.9 Å². The second-order valence-corrected chi connectivity index (χ2v) is 8.84. The lowest BCUT2D eigenvalue weighted by Crippen LogP contribution is -1.77. The van der Waals surface area contributed by atoms with Gasteiger partial charge < -0.3 is 0 Å². The van der Waals surface area contributed by atoms with Gasteiger partial charge in [-0.25, -0.2) is 0 Å². The molecule has 0 amide bonds. The van der Waals surface area contributed by atoms with Gasteiger partial charge in [-0.2, -0.15) is 0 Å². The molecule has 0 saturated carbocycles. The van der Waals surface area contributed by atoms with Gasteiger partial charge in [-0.3, -0.25) is 0 Å². The summed E-state index contributed by atoms with van der Waals surface area (Å²) in [6, 6.07) is 46.6. The van der Waals surface area contributed by atoms with Gasteiger partial charge in [-0.05, 0) is 57.3 Å². The minimum atomic E-state index is 1.10. The SMILES string of the molecule is CC.CC.CC.CC.CC.CC.CC.CCC.c1ccc2c(c1)Cc1ccccc1-2.c1ccc2c(c1)Cc1ccccc1-2.c1ccccc1. The molecule has 0 unspecified atom stereocenters. The maximum atomic E-state index is 2.22. The molecule has 0 atom stereocenters. The molecule has 0 N–H and O–H groups in total. The maximum absolute atomic E-state index is 2.22. The monoisotopic (exact) mass is 665 g/mol.